The standard InChI is InChI=1S/C14H20FNO3/c1-2-19-8-4-7-14(10-16,13(17)18)11-5-3-6-12(15)9-11/h3,5-6,9H,2,4,7-8,10,16H2,1H3,(H,17,18). The van der Waals surface area contributed by atoms with E-state index in [2.05, 4.69) is 0 Å². The highest BCUT2D eigenvalue weighted by atomic mass is 19.1. The first-order valence-electron chi connectivity index (χ1n) is 6.34. The number of carboxylic acids is 1. The molecular weight excluding hydrogens is 249 g/mol. The first-order chi connectivity index (χ1) is 9.06. The van der Waals surface area contributed by atoms with Crippen molar-refractivity contribution in [2.24, 2.45) is 5.73 Å². The zero-order valence-electron chi connectivity index (χ0n) is 11.1. The lowest BCUT2D eigenvalue weighted by molar-refractivity contribution is -0.144. The zero-order valence-corrected chi connectivity index (χ0v) is 11.1. The summed E-state index contributed by atoms with van der Waals surface area (Å²) in [5, 5.41) is 9.48. The van der Waals surface area contributed by atoms with E-state index in [0.717, 1.165) is 0 Å². The zero-order chi connectivity index (χ0) is 14.3. The molecule has 0 aliphatic rings. The summed E-state index contributed by atoms with van der Waals surface area (Å²) >= 11 is 0. The number of aliphatic carboxylic acids is 1. The highest BCUT2D eigenvalue weighted by Gasteiger charge is 2.38. The van der Waals surface area contributed by atoms with Gasteiger partial charge in [-0.15, -0.1) is 0 Å². The van der Waals surface area contributed by atoms with Gasteiger partial charge in [-0.1, -0.05) is 12.1 Å². The number of rotatable bonds is 8. The fraction of sp³-hybridized carbons (Fsp3) is 0.500. The Labute approximate surface area is 112 Å². The fourth-order valence-electron chi connectivity index (χ4n) is 2.09. The monoisotopic (exact) mass is 269 g/mol. The fourth-order valence-corrected chi connectivity index (χ4v) is 2.09. The summed E-state index contributed by atoms with van der Waals surface area (Å²) in [5.41, 5.74) is 4.81. The van der Waals surface area contributed by atoms with Crippen LogP contribution in [0.2, 0.25) is 0 Å². The third-order valence-electron chi connectivity index (χ3n) is 3.23. The molecular formula is C14H20FNO3. The van der Waals surface area contributed by atoms with E-state index in [-0.39, 0.29) is 6.54 Å². The Balaban J connectivity index is 2.95. The Hall–Kier alpha value is -1.46. The van der Waals surface area contributed by atoms with Crippen molar-refractivity contribution >= 4 is 5.97 Å². The molecule has 0 aliphatic heterocycles. The van der Waals surface area contributed by atoms with Crippen molar-refractivity contribution in [2.75, 3.05) is 19.8 Å². The third kappa shape index (κ3) is 3.75. The van der Waals surface area contributed by atoms with Crippen LogP contribution in [0.5, 0.6) is 0 Å². The van der Waals surface area contributed by atoms with Gasteiger partial charge < -0.3 is 15.6 Å². The van der Waals surface area contributed by atoms with Crippen molar-refractivity contribution in [1.82, 2.24) is 0 Å². The van der Waals surface area contributed by atoms with E-state index in [4.69, 9.17) is 10.5 Å². The van der Waals surface area contributed by atoms with Gasteiger partial charge in [-0.05, 0) is 37.5 Å². The van der Waals surface area contributed by atoms with Crippen LogP contribution in [-0.2, 0) is 14.9 Å². The van der Waals surface area contributed by atoms with E-state index in [1.807, 2.05) is 6.92 Å². The highest BCUT2D eigenvalue weighted by Crippen LogP contribution is 2.29. The lowest BCUT2D eigenvalue weighted by atomic mass is 9.76. The molecule has 0 bridgehead atoms. The van der Waals surface area contributed by atoms with Crippen LogP contribution in [0.4, 0.5) is 4.39 Å². The molecule has 0 radical (unpaired) electrons. The topological polar surface area (TPSA) is 72.5 Å². The minimum atomic E-state index is -1.25. The summed E-state index contributed by atoms with van der Waals surface area (Å²) in [5.74, 6) is -1.49. The minimum Gasteiger partial charge on any atom is -0.481 e. The average molecular weight is 269 g/mol. The summed E-state index contributed by atoms with van der Waals surface area (Å²) in [6, 6.07) is 5.62. The molecule has 0 saturated carbocycles. The molecule has 5 heteroatoms. The molecule has 0 fully saturated rings. The predicted molar refractivity (Wildman–Crippen MR) is 70.5 cm³/mol. The summed E-state index contributed by atoms with van der Waals surface area (Å²) < 4.78 is 18.5. The SMILES string of the molecule is CCOCCCC(CN)(C(=O)O)c1cccc(F)c1. The number of hydrogen-bond donors (Lipinski definition) is 2. The predicted octanol–water partition coefficient (Wildman–Crippen LogP) is 1.92. The second-order valence-corrected chi connectivity index (χ2v) is 4.40. The van der Waals surface area contributed by atoms with Gasteiger partial charge in [0.1, 0.15) is 11.2 Å². The number of hydrogen-bond acceptors (Lipinski definition) is 3. The van der Waals surface area contributed by atoms with Crippen molar-refractivity contribution in [3.8, 4) is 0 Å². The lowest BCUT2D eigenvalue weighted by Crippen LogP contribution is -2.43. The van der Waals surface area contributed by atoms with Crippen LogP contribution < -0.4 is 5.73 Å². The molecule has 1 atom stereocenters. The van der Waals surface area contributed by atoms with E-state index in [1.54, 1.807) is 6.07 Å². The molecule has 1 aromatic carbocycles. The second-order valence-electron chi connectivity index (χ2n) is 4.40. The Kier molecular flexibility index (Phi) is 5.92. The number of halogens is 1. The van der Waals surface area contributed by atoms with Crippen LogP contribution in [0.1, 0.15) is 25.3 Å². The highest BCUT2D eigenvalue weighted by molar-refractivity contribution is 5.81. The molecule has 0 amide bonds. The maximum Gasteiger partial charge on any atom is 0.315 e. The van der Waals surface area contributed by atoms with Crippen LogP contribution in [0, 0.1) is 5.82 Å². The van der Waals surface area contributed by atoms with Gasteiger partial charge in [-0.25, -0.2) is 4.39 Å². The van der Waals surface area contributed by atoms with Crippen molar-refractivity contribution < 1.29 is 19.0 Å². The molecule has 0 aromatic heterocycles. The van der Waals surface area contributed by atoms with Gasteiger partial charge in [0.15, 0.2) is 0 Å². The van der Waals surface area contributed by atoms with Crippen molar-refractivity contribution in [3.05, 3.63) is 35.6 Å². The van der Waals surface area contributed by atoms with Gasteiger partial charge in [-0.2, -0.15) is 0 Å². The molecule has 1 aromatic rings. The van der Waals surface area contributed by atoms with Crippen LogP contribution in [-0.4, -0.2) is 30.8 Å². The van der Waals surface area contributed by atoms with Gasteiger partial charge in [0, 0.05) is 19.8 Å². The lowest BCUT2D eigenvalue weighted by Gasteiger charge is -2.28. The minimum absolute atomic E-state index is 0.0715. The summed E-state index contributed by atoms with van der Waals surface area (Å²) in [4.78, 5) is 11.6. The molecule has 1 unspecified atom stereocenters. The van der Waals surface area contributed by atoms with Crippen LogP contribution in [0.3, 0.4) is 0 Å². The first kappa shape index (κ1) is 15.6. The maximum atomic E-state index is 13.3. The number of ether oxygens (including phenoxy) is 1. The second kappa shape index (κ2) is 7.21. The number of benzene rings is 1. The summed E-state index contributed by atoms with van der Waals surface area (Å²) in [6.45, 7) is 2.86. The molecule has 4 nitrogen and oxygen atoms in total. The van der Waals surface area contributed by atoms with Crippen molar-refractivity contribution in [3.63, 3.8) is 0 Å². The maximum absolute atomic E-state index is 13.3. The van der Waals surface area contributed by atoms with E-state index in [0.29, 0.717) is 31.6 Å². The number of carboxylic acid groups (broad SMARTS) is 1. The van der Waals surface area contributed by atoms with E-state index in [9.17, 15) is 14.3 Å². The smallest absolute Gasteiger partial charge is 0.315 e. The quantitative estimate of drug-likeness (QED) is 0.707. The summed E-state index contributed by atoms with van der Waals surface area (Å²) in [7, 11) is 0. The van der Waals surface area contributed by atoms with E-state index < -0.39 is 17.2 Å². The Morgan fingerprint density at radius 2 is 2.26 bits per heavy atom. The van der Waals surface area contributed by atoms with Gasteiger partial charge >= 0.3 is 5.97 Å². The third-order valence-corrected chi connectivity index (χ3v) is 3.23. The molecule has 1 rings (SSSR count). The molecule has 0 aliphatic carbocycles. The number of carbonyl (C=O) groups is 1. The normalized spacial score (nSPS) is 14.1. The van der Waals surface area contributed by atoms with E-state index in [1.165, 1.54) is 18.2 Å². The molecule has 3 N–H and O–H groups in total. The van der Waals surface area contributed by atoms with Crippen molar-refractivity contribution in [1.29, 1.82) is 0 Å². The molecule has 106 valence electrons. The Bertz CT molecular complexity index is 425. The van der Waals surface area contributed by atoms with Crippen LogP contribution in [0.25, 0.3) is 0 Å². The van der Waals surface area contributed by atoms with Crippen LogP contribution in [0.15, 0.2) is 24.3 Å². The van der Waals surface area contributed by atoms with Gasteiger partial charge in [0.25, 0.3) is 0 Å². The van der Waals surface area contributed by atoms with E-state index >= 15 is 0 Å². The van der Waals surface area contributed by atoms with Crippen molar-refractivity contribution in [2.45, 2.75) is 25.2 Å². The number of nitrogens with two attached hydrogens (primary N) is 1. The average Bonchev–Trinajstić information content (AvgIpc) is 2.39. The molecule has 19 heavy (non-hydrogen) atoms. The molecule has 0 spiro atoms. The van der Waals surface area contributed by atoms with Gasteiger partial charge in [0.05, 0.1) is 0 Å². The molecule has 0 heterocycles. The largest absolute Gasteiger partial charge is 0.481 e. The first-order valence-corrected chi connectivity index (χ1v) is 6.34. The van der Waals surface area contributed by atoms with Crippen LogP contribution >= 0.6 is 0 Å². The van der Waals surface area contributed by atoms with Gasteiger partial charge in [-0.3, -0.25) is 4.79 Å². The van der Waals surface area contributed by atoms with Gasteiger partial charge in [0.2, 0.25) is 0 Å². The summed E-state index contributed by atoms with van der Waals surface area (Å²) in [6.07, 6.45) is 0.885. The Morgan fingerprint density at radius 3 is 2.79 bits per heavy atom. The molecule has 0 saturated heterocycles. The Morgan fingerprint density at radius 1 is 1.53 bits per heavy atom.